The molecule has 78 valence electrons. The van der Waals surface area contributed by atoms with Crippen molar-refractivity contribution in [1.29, 1.82) is 0 Å². The Morgan fingerprint density at radius 2 is 1.50 bits per heavy atom. The summed E-state index contributed by atoms with van der Waals surface area (Å²) in [4.78, 5) is 0. The van der Waals surface area contributed by atoms with Crippen LogP contribution in [0, 0.1) is 19.6 Å². The van der Waals surface area contributed by atoms with Crippen molar-refractivity contribution in [3.05, 3.63) is 14.2 Å². The predicted molar refractivity (Wildman–Crippen MR) is 44.0 cm³/mol. The summed E-state index contributed by atoms with van der Waals surface area (Å²) in [5.74, 6) is 0. The van der Waals surface area contributed by atoms with Gasteiger partial charge in [-0.05, 0) is 0 Å². The molecule has 1 N–H and O–H groups in total. The number of hydrogen-bond donors (Lipinski definition) is 1. The Bertz CT molecular complexity index is 96.5. The Balaban J connectivity index is -0.000000605. The van der Waals surface area contributed by atoms with Crippen LogP contribution in [0.4, 0.5) is 0 Å². The van der Waals surface area contributed by atoms with Gasteiger partial charge in [-0.3, -0.25) is 0 Å². The standard InChI is InChI=1S/C8H16O4.2Rf/c1-10-5-8(4-9,6-11-2)7-12-3;;/h9H,1-2,4-7H2,3H3;;/q-2;;. The Kier molecular flexibility index (Phi) is 11.4. The zero-order valence-electron chi connectivity index (χ0n) is 8.83. The molecular weight excluding hydrogens is 694 g/mol. The molecule has 0 unspecified atom stereocenters. The smallest absolute Gasteiger partial charge is 0.0582 e. The van der Waals surface area contributed by atoms with Gasteiger partial charge in [-0.15, -0.1) is 0 Å². The normalized spacial score (nSPS) is 10.3. The van der Waals surface area contributed by atoms with Crippen molar-refractivity contribution in [3.8, 4) is 0 Å². The first-order chi connectivity index (χ1) is 5.74. The van der Waals surface area contributed by atoms with E-state index in [0.717, 1.165) is 0 Å². The van der Waals surface area contributed by atoms with Crippen LogP contribution in [0.3, 0.4) is 0 Å². The first-order valence-corrected chi connectivity index (χ1v) is 3.58. The molecule has 14 heavy (non-hydrogen) atoms. The Morgan fingerprint density at radius 1 is 1.07 bits per heavy atom. The van der Waals surface area contributed by atoms with Crippen LogP contribution in [0.15, 0.2) is 0 Å². The molecule has 0 fully saturated rings. The summed E-state index contributed by atoms with van der Waals surface area (Å²) < 4.78 is 14.3. The number of methoxy groups -OCH3 is 1. The molecule has 4 nitrogen and oxygen atoms in total. The van der Waals surface area contributed by atoms with Crippen molar-refractivity contribution in [2.24, 2.45) is 5.41 Å². The fraction of sp³-hybridized carbons (Fsp3) is 0.750. The minimum Gasteiger partial charge on any atom is -0.554 e. The third kappa shape index (κ3) is 4.66. The van der Waals surface area contributed by atoms with Crippen molar-refractivity contribution in [1.82, 2.24) is 0 Å². The molecule has 0 radical (unpaired) electrons. The van der Waals surface area contributed by atoms with Gasteiger partial charge >= 0.3 is 0 Å². The van der Waals surface area contributed by atoms with E-state index < -0.39 is 5.41 Å². The molecule has 0 aliphatic rings. The first-order valence-electron chi connectivity index (χ1n) is 3.58. The number of rotatable bonds is 7. The maximum Gasteiger partial charge on any atom is 0.0582 e. The number of aliphatic hydroxyl groups excluding tert-OH is 1. The van der Waals surface area contributed by atoms with Gasteiger partial charge in [0.15, 0.2) is 0 Å². The van der Waals surface area contributed by atoms with Gasteiger partial charge < -0.3 is 19.3 Å². The van der Waals surface area contributed by atoms with E-state index in [-0.39, 0.29) is 19.8 Å². The fourth-order valence-corrected chi connectivity index (χ4v) is 1.00. The molecule has 0 amide bonds. The molecule has 0 spiro atoms. The third-order valence-corrected chi connectivity index (χ3v) is 1.60. The Hall–Kier alpha value is -2.16. The summed E-state index contributed by atoms with van der Waals surface area (Å²) in [5, 5.41) is 9.07. The van der Waals surface area contributed by atoms with Crippen molar-refractivity contribution >= 4 is 0 Å². The second kappa shape index (κ2) is 8.93. The largest absolute Gasteiger partial charge is 0.554 e. The van der Waals surface area contributed by atoms with E-state index >= 15 is 0 Å². The van der Waals surface area contributed by atoms with Crippen LogP contribution in [-0.2, 0) is 14.2 Å². The quantitative estimate of drug-likeness (QED) is 0.385. The van der Waals surface area contributed by atoms with Crippen molar-refractivity contribution in [3.63, 3.8) is 0 Å². The van der Waals surface area contributed by atoms with Gasteiger partial charge in [-0.2, -0.15) is 0 Å². The van der Waals surface area contributed by atoms with E-state index in [1.165, 1.54) is 0 Å². The van der Waals surface area contributed by atoms with Crippen LogP contribution in [0.5, 0.6) is 0 Å². The summed E-state index contributed by atoms with van der Waals surface area (Å²) in [5.41, 5.74) is -0.543. The molecule has 6 heteroatoms. The molecule has 0 aromatic rings. The zero-order chi connectivity index (χ0) is 9.45. The average Bonchev–Trinajstić information content (AvgIpc) is 2.06. The fourth-order valence-electron chi connectivity index (χ4n) is 1.00. The van der Waals surface area contributed by atoms with Gasteiger partial charge in [-0.1, -0.05) is 0 Å². The van der Waals surface area contributed by atoms with E-state index in [0.29, 0.717) is 6.61 Å². The van der Waals surface area contributed by atoms with Crippen LogP contribution in [0.1, 0.15) is 0 Å². The summed E-state index contributed by atoms with van der Waals surface area (Å²) in [6, 6.07) is 0. The Morgan fingerprint density at radius 3 is 1.71 bits per heavy atom. The minimum absolute atomic E-state index is 0. The van der Waals surface area contributed by atoms with Crippen molar-refractivity contribution in [2.75, 3.05) is 33.5 Å². The van der Waals surface area contributed by atoms with E-state index in [2.05, 4.69) is 14.2 Å². The minimum atomic E-state index is -0.543. The van der Waals surface area contributed by atoms with Gasteiger partial charge in [0, 0.05) is 20.3 Å². The van der Waals surface area contributed by atoms with Gasteiger partial charge in [0.25, 0.3) is 0 Å². The second-order valence-corrected chi connectivity index (χ2v) is 2.79. The maximum absolute atomic E-state index is 9.07. The number of hydrogen-bond acceptors (Lipinski definition) is 4. The second-order valence-electron chi connectivity index (χ2n) is 2.79. The molecule has 0 aromatic carbocycles. The van der Waals surface area contributed by atoms with Crippen LogP contribution < -0.4 is 0 Å². The maximum atomic E-state index is 9.07. The van der Waals surface area contributed by atoms with Crippen molar-refractivity contribution in [2.45, 2.75) is 0 Å². The summed E-state index contributed by atoms with van der Waals surface area (Å²) >= 11 is 0. The molecule has 0 aromatic heterocycles. The third-order valence-electron chi connectivity index (χ3n) is 1.60. The average molecular weight is 710 g/mol. The number of aliphatic hydroxyl groups is 1. The SMILES string of the molecule is [CH2-]OCC(CO)(CO[CH2-])COC.[Rf].[Rf]. The van der Waals surface area contributed by atoms with E-state index in [9.17, 15) is 0 Å². The molecule has 0 saturated carbocycles. The molecule has 0 aliphatic heterocycles. The summed E-state index contributed by atoms with van der Waals surface area (Å²) in [7, 11) is 8.03. The van der Waals surface area contributed by atoms with Gasteiger partial charge in [0.1, 0.15) is 0 Å². The van der Waals surface area contributed by atoms with Crippen LogP contribution in [0.25, 0.3) is 0 Å². The topological polar surface area (TPSA) is 47.9 Å². The van der Waals surface area contributed by atoms with E-state index in [1.807, 2.05) is 0 Å². The molecule has 0 rings (SSSR count). The van der Waals surface area contributed by atoms with Crippen LogP contribution in [-0.4, -0.2) is 38.6 Å². The molecule has 0 heterocycles. The van der Waals surface area contributed by atoms with E-state index in [1.54, 1.807) is 7.11 Å². The molecule has 0 aliphatic carbocycles. The van der Waals surface area contributed by atoms with Crippen LogP contribution >= 0.6 is 0 Å². The predicted octanol–water partition coefficient (Wildman–Crippen LogP) is 0.228. The van der Waals surface area contributed by atoms with Crippen molar-refractivity contribution < 1.29 is 19.3 Å². The molecular formula is C8H16O4Rf2-2. The monoisotopic (exact) mass is 710 g/mol. The molecule has 0 atom stereocenters. The van der Waals surface area contributed by atoms with Gasteiger partial charge in [0.05, 0.1) is 18.6 Å². The van der Waals surface area contributed by atoms with Gasteiger partial charge in [-0.25, -0.2) is 14.2 Å². The Labute approximate surface area is 73.4 Å². The first kappa shape index (κ1) is 17.8. The molecule has 0 bridgehead atoms. The van der Waals surface area contributed by atoms with Gasteiger partial charge in [0.2, 0.25) is 0 Å². The van der Waals surface area contributed by atoms with Crippen LogP contribution in [0.2, 0.25) is 0 Å². The summed E-state index contributed by atoms with van der Waals surface area (Å²) in [6.45, 7) is 0.847. The number of ether oxygens (including phenoxy) is 3. The summed E-state index contributed by atoms with van der Waals surface area (Å²) in [6.07, 6.45) is 0. The zero-order valence-corrected chi connectivity index (χ0v) is 21.6. The van der Waals surface area contributed by atoms with E-state index in [4.69, 9.17) is 19.3 Å². The molecule has 0 saturated heterocycles.